The van der Waals surface area contributed by atoms with Gasteiger partial charge in [-0.3, -0.25) is 4.55 Å². The molecule has 1 N–H and O–H groups in total. The molecule has 4 nitrogen and oxygen atoms in total. The molecule has 7 heavy (non-hydrogen) atoms. The summed E-state index contributed by atoms with van der Waals surface area (Å²) in [5.41, 5.74) is 0. The molecular formula is CH4O4SV. The molecule has 0 spiro atoms. The number of hydrogen-bond donors (Lipinski definition) is 1. The van der Waals surface area contributed by atoms with E-state index >= 15 is 0 Å². The molecule has 6 heteroatoms. The summed E-state index contributed by atoms with van der Waals surface area (Å²) in [5, 5.41) is 0. The molecule has 43 valence electrons. The second kappa shape index (κ2) is 4.45. The van der Waals surface area contributed by atoms with Crippen LogP contribution in [0.3, 0.4) is 0 Å². The van der Waals surface area contributed by atoms with Gasteiger partial charge in [0.2, 0.25) is 0 Å². The van der Waals surface area contributed by atoms with E-state index in [-0.39, 0.29) is 0 Å². The molecule has 0 aromatic carbocycles. The van der Waals surface area contributed by atoms with Gasteiger partial charge < -0.3 is 0 Å². The van der Waals surface area contributed by atoms with Gasteiger partial charge in [0.15, 0.2) is 0 Å². The first kappa shape index (κ1) is 10.3. The predicted molar refractivity (Wildman–Crippen MR) is 18.2 cm³/mol. The third kappa shape index (κ3) is 1340. The van der Waals surface area contributed by atoms with Crippen molar-refractivity contribution in [3.8, 4) is 0 Å². The molecule has 0 bridgehead atoms. The molecule has 0 aliphatic rings. The topological polar surface area (TPSA) is 71.4 Å². The van der Waals surface area contributed by atoms with Crippen LogP contribution in [0.2, 0.25) is 0 Å². The zero-order valence-corrected chi connectivity index (χ0v) is 5.74. The Labute approximate surface area is 50.9 Å². The van der Waals surface area contributed by atoms with Crippen LogP contribution in [-0.2, 0) is 31.2 Å². The summed E-state index contributed by atoms with van der Waals surface area (Å²) >= 11 is 1.06. The van der Waals surface area contributed by atoms with Crippen molar-refractivity contribution in [3.05, 3.63) is 0 Å². The van der Waals surface area contributed by atoms with Gasteiger partial charge in [-0.15, -0.1) is 0 Å². The Morgan fingerprint density at radius 1 is 1.43 bits per heavy atom. The van der Waals surface area contributed by atoms with Gasteiger partial charge in [-0.05, 0) is 0 Å². The predicted octanol–water partition coefficient (Wildman–Crippen LogP) is -0.617. The van der Waals surface area contributed by atoms with Crippen molar-refractivity contribution in [2.75, 3.05) is 6.26 Å². The molecule has 0 saturated heterocycles. The Hall–Kier alpha value is 0.294. The van der Waals surface area contributed by atoms with Gasteiger partial charge in [0.25, 0.3) is 10.1 Å². The van der Waals surface area contributed by atoms with Crippen molar-refractivity contribution in [2.24, 2.45) is 0 Å². The van der Waals surface area contributed by atoms with Crippen LogP contribution < -0.4 is 0 Å². The second-order valence-electron chi connectivity index (χ2n) is 0.733. The van der Waals surface area contributed by atoms with Crippen molar-refractivity contribution >= 4 is 10.1 Å². The minimum atomic E-state index is -3.67. The molecular weight excluding hydrogens is 159 g/mol. The third-order valence-electron chi connectivity index (χ3n) is 0. The van der Waals surface area contributed by atoms with Crippen LogP contribution in [0.15, 0.2) is 0 Å². The van der Waals surface area contributed by atoms with E-state index in [4.69, 9.17) is 8.23 Å². The van der Waals surface area contributed by atoms with Crippen LogP contribution in [-0.4, -0.2) is 19.2 Å². The summed E-state index contributed by atoms with van der Waals surface area (Å²) in [4.78, 5) is 0. The maximum absolute atomic E-state index is 9.19. The van der Waals surface area contributed by atoms with Crippen molar-refractivity contribution in [3.63, 3.8) is 0 Å². The van der Waals surface area contributed by atoms with Crippen LogP contribution >= 0.6 is 0 Å². The fraction of sp³-hybridized carbons (Fsp3) is 1.00. The Balaban J connectivity index is 0. The summed E-state index contributed by atoms with van der Waals surface area (Å²) in [6.07, 6.45) is 0.715. The number of rotatable bonds is 0. The fourth-order valence-electron chi connectivity index (χ4n) is 0. The van der Waals surface area contributed by atoms with Crippen molar-refractivity contribution in [2.45, 2.75) is 0 Å². The van der Waals surface area contributed by atoms with Gasteiger partial charge in [0.05, 0.1) is 6.26 Å². The van der Waals surface area contributed by atoms with Crippen LogP contribution in [0, 0.1) is 0 Å². The van der Waals surface area contributed by atoms with Crippen molar-refractivity contribution < 1.29 is 34.0 Å². The standard InChI is InChI=1S/CH4O3S.O.V/c1-5(2,3)4;;/h1H3,(H,2,3,4);;. The molecule has 0 aromatic rings. The Morgan fingerprint density at radius 2 is 1.43 bits per heavy atom. The first-order valence-corrected chi connectivity index (χ1v) is 3.53. The molecule has 0 unspecified atom stereocenters. The SMILES string of the molecule is CS(=O)(=O)O.[O]=[V]. The molecule has 0 saturated carbocycles. The van der Waals surface area contributed by atoms with Gasteiger partial charge in [-0.2, -0.15) is 8.42 Å². The van der Waals surface area contributed by atoms with E-state index < -0.39 is 10.1 Å². The van der Waals surface area contributed by atoms with Crippen LogP contribution in [0.5, 0.6) is 0 Å². The Bertz CT molecular complexity index is 106. The molecule has 0 amide bonds. The molecule has 0 atom stereocenters. The summed E-state index contributed by atoms with van der Waals surface area (Å²) in [5.74, 6) is 0. The van der Waals surface area contributed by atoms with E-state index in [1.54, 1.807) is 0 Å². The monoisotopic (exact) mass is 163 g/mol. The summed E-state index contributed by atoms with van der Waals surface area (Å²) < 4.78 is 34.1. The van der Waals surface area contributed by atoms with Crippen LogP contribution in [0.25, 0.3) is 0 Å². The van der Waals surface area contributed by atoms with Crippen LogP contribution in [0.4, 0.5) is 0 Å². The van der Waals surface area contributed by atoms with E-state index in [2.05, 4.69) is 0 Å². The van der Waals surface area contributed by atoms with E-state index in [0.29, 0.717) is 6.26 Å². The van der Waals surface area contributed by atoms with Crippen molar-refractivity contribution in [1.82, 2.24) is 0 Å². The zero-order chi connectivity index (χ0) is 6.50. The van der Waals surface area contributed by atoms with Gasteiger partial charge in [0, 0.05) is 0 Å². The molecule has 0 fully saturated rings. The van der Waals surface area contributed by atoms with E-state index in [9.17, 15) is 8.42 Å². The van der Waals surface area contributed by atoms with Gasteiger partial charge in [-0.1, -0.05) is 0 Å². The summed E-state index contributed by atoms with van der Waals surface area (Å²) in [6.45, 7) is 0. The average molecular weight is 163 g/mol. The first-order chi connectivity index (χ1) is 3.00. The maximum atomic E-state index is 9.19. The third-order valence-corrected chi connectivity index (χ3v) is 0. The van der Waals surface area contributed by atoms with E-state index in [0.717, 1.165) is 17.4 Å². The normalized spacial score (nSPS) is 8.71. The molecule has 0 heterocycles. The second-order valence-corrected chi connectivity index (χ2v) is 2.20. The quantitative estimate of drug-likeness (QED) is 0.483. The van der Waals surface area contributed by atoms with Crippen LogP contribution in [0.1, 0.15) is 0 Å². The van der Waals surface area contributed by atoms with Gasteiger partial charge in [-0.25, -0.2) is 0 Å². The van der Waals surface area contributed by atoms with Gasteiger partial charge >= 0.3 is 21.0 Å². The summed E-state index contributed by atoms with van der Waals surface area (Å²) in [6, 6.07) is 0. The minimum absolute atomic E-state index is 0.715. The Kier molecular flexibility index (Phi) is 6.56. The average Bonchev–Trinajstić information content (AvgIpc) is 1.36. The summed E-state index contributed by atoms with van der Waals surface area (Å²) in [7, 11) is -3.67. The molecule has 0 rings (SSSR count). The first-order valence-electron chi connectivity index (χ1n) is 1.11. The van der Waals surface area contributed by atoms with Gasteiger partial charge in [0.1, 0.15) is 0 Å². The molecule has 0 aliphatic carbocycles. The zero-order valence-electron chi connectivity index (χ0n) is 3.53. The van der Waals surface area contributed by atoms with E-state index in [1.165, 1.54) is 0 Å². The fourth-order valence-corrected chi connectivity index (χ4v) is 0. The molecule has 0 radical (unpaired) electrons. The Morgan fingerprint density at radius 3 is 1.43 bits per heavy atom. The van der Waals surface area contributed by atoms with Crippen molar-refractivity contribution in [1.29, 1.82) is 0 Å². The number of hydrogen-bond acceptors (Lipinski definition) is 3. The molecule has 0 aromatic heterocycles. The molecule has 0 aliphatic heterocycles. The van der Waals surface area contributed by atoms with E-state index in [1.807, 2.05) is 0 Å².